The van der Waals surface area contributed by atoms with Crippen LogP contribution in [0, 0.1) is 0 Å². The van der Waals surface area contributed by atoms with E-state index in [1.807, 2.05) is 12.2 Å². The van der Waals surface area contributed by atoms with E-state index in [0.29, 0.717) is 6.42 Å². The molecule has 6 heteroatoms. The van der Waals surface area contributed by atoms with Crippen molar-refractivity contribution in [2.24, 2.45) is 0 Å². The summed E-state index contributed by atoms with van der Waals surface area (Å²) in [4.78, 5) is 0. The Hall–Kier alpha value is 0.350. The Morgan fingerprint density at radius 1 is 1.27 bits per heavy atom. The molecule has 1 saturated heterocycles. The monoisotopic (exact) mass is 336 g/mol. The Bertz CT molecular complexity index is 512. The van der Waals surface area contributed by atoms with Crippen LogP contribution in [0.2, 0.25) is 0 Å². The SMILES string of the molecule is CCCCCCCCC1=CCC2(C=C1)OCC2S(=O)(=O)[O-].[Na+]. The summed E-state index contributed by atoms with van der Waals surface area (Å²) in [5, 5.41) is -0.923. The van der Waals surface area contributed by atoms with Gasteiger partial charge >= 0.3 is 29.6 Å². The van der Waals surface area contributed by atoms with Crippen molar-refractivity contribution < 1.29 is 47.3 Å². The molecule has 0 aromatic rings. The number of hydrogen-bond acceptors (Lipinski definition) is 4. The average molecular weight is 336 g/mol. The van der Waals surface area contributed by atoms with Crippen molar-refractivity contribution in [2.75, 3.05) is 6.61 Å². The van der Waals surface area contributed by atoms with Crippen LogP contribution < -0.4 is 29.6 Å². The first-order valence-corrected chi connectivity index (χ1v) is 9.42. The van der Waals surface area contributed by atoms with Gasteiger partial charge in [-0.15, -0.1) is 0 Å². The topological polar surface area (TPSA) is 66.4 Å². The largest absolute Gasteiger partial charge is 1.00 e. The molecule has 22 heavy (non-hydrogen) atoms. The van der Waals surface area contributed by atoms with Crippen LogP contribution in [0.5, 0.6) is 0 Å². The van der Waals surface area contributed by atoms with E-state index in [-0.39, 0.29) is 36.2 Å². The van der Waals surface area contributed by atoms with E-state index in [2.05, 4.69) is 6.92 Å². The molecule has 0 saturated carbocycles. The third kappa shape index (κ3) is 5.18. The average Bonchev–Trinajstić information content (AvgIpc) is 2.40. The van der Waals surface area contributed by atoms with Gasteiger partial charge in [-0.2, -0.15) is 0 Å². The van der Waals surface area contributed by atoms with Gasteiger partial charge < -0.3 is 9.29 Å². The molecule has 2 rings (SSSR count). The van der Waals surface area contributed by atoms with Gasteiger partial charge in [0.15, 0.2) is 0 Å². The summed E-state index contributed by atoms with van der Waals surface area (Å²) in [7, 11) is -4.28. The Balaban J connectivity index is 0.00000242. The maximum atomic E-state index is 11.2. The van der Waals surface area contributed by atoms with Gasteiger partial charge in [0.2, 0.25) is 0 Å². The van der Waals surface area contributed by atoms with Crippen molar-refractivity contribution in [3.8, 4) is 0 Å². The van der Waals surface area contributed by atoms with Gasteiger partial charge in [0.05, 0.1) is 6.61 Å². The van der Waals surface area contributed by atoms with E-state index in [0.717, 1.165) is 12.8 Å². The number of allylic oxidation sites excluding steroid dienone is 2. The molecule has 0 bridgehead atoms. The Kier molecular flexibility index (Phi) is 8.34. The number of unbranched alkanes of at least 4 members (excludes halogenated alkanes) is 5. The normalized spacial score (nSPS) is 27.2. The van der Waals surface area contributed by atoms with Gasteiger partial charge in [-0.1, -0.05) is 62.8 Å². The van der Waals surface area contributed by atoms with E-state index < -0.39 is 21.0 Å². The summed E-state index contributed by atoms with van der Waals surface area (Å²) < 4.78 is 38.9. The summed E-state index contributed by atoms with van der Waals surface area (Å²) in [5.74, 6) is 0. The molecule has 0 N–H and O–H groups in total. The third-order valence-corrected chi connectivity index (χ3v) is 5.71. The number of ether oxygens (including phenoxy) is 1. The molecule has 0 aromatic heterocycles. The van der Waals surface area contributed by atoms with Crippen molar-refractivity contribution in [1.29, 1.82) is 0 Å². The zero-order chi connectivity index (χ0) is 15.3. The number of rotatable bonds is 8. The van der Waals surface area contributed by atoms with Crippen LogP contribution in [0.25, 0.3) is 0 Å². The maximum Gasteiger partial charge on any atom is 1.00 e. The second kappa shape index (κ2) is 9.00. The standard InChI is InChI=1S/C16H26O4S.Na/c1-2-3-4-5-6-7-8-14-9-11-16(12-10-14)15(13-20-16)21(17,18)19;/h9-11,15H,2-8,12-13H2,1H3,(H,17,18,19);/q;+1/p-1. The predicted molar refractivity (Wildman–Crippen MR) is 82.0 cm³/mol. The fourth-order valence-electron chi connectivity index (χ4n) is 3.01. The second-order valence-electron chi connectivity index (χ2n) is 6.08. The predicted octanol–water partition coefficient (Wildman–Crippen LogP) is 0.310. The minimum absolute atomic E-state index is 0. The van der Waals surface area contributed by atoms with Gasteiger partial charge in [0, 0.05) is 0 Å². The van der Waals surface area contributed by atoms with E-state index >= 15 is 0 Å². The maximum absolute atomic E-state index is 11.2. The van der Waals surface area contributed by atoms with E-state index in [1.165, 1.54) is 37.7 Å². The minimum atomic E-state index is -4.28. The van der Waals surface area contributed by atoms with Gasteiger partial charge in [0.25, 0.3) is 0 Å². The molecule has 1 aliphatic carbocycles. The summed E-state index contributed by atoms with van der Waals surface area (Å²) in [6.07, 6.45) is 14.8. The molecule has 0 amide bonds. The number of hydrogen-bond donors (Lipinski definition) is 0. The molecular formula is C16H25NaO4S. The molecule has 2 atom stereocenters. The molecule has 0 radical (unpaired) electrons. The summed E-state index contributed by atoms with van der Waals surface area (Å²) >= 11 is 0. The van der Waals surface area contributed by atoms with E-state index in [1.54, 1.807) is 6.08 Å². The van der Waals surface area contributed by atoms with Crippen LogP contribution in [-0.2, 0) is 14.9 Å². The van der Waals surface area contributed by atoms with Gasteiger partial charge in [0.1, 0.15) is 21.0 Å². The Morgan fingerprint density at radius 3 is 2.45 bits per heavy atom. The molecule has 4 nitrogen and oxygen atoms in total. The summed E-state index contributed by atoms with van der Waals surface area (Å²) in [6.45, 7) is 2.24. The van der Waals surface area contributed by atoms with Gasteiger partial charge in [-0.25, -0.2) is 8.42 Å². The van der Waals surface area contributed by atoms with Crippen molar-refractivity contribution in [1.82, 2.24) is 0 Å². The van der Waals surface area contributed by atoms with Crippen molar-refractivity contribution in [3.05, 3.63) is 23.8 Å². The fraction of sp³-hybridized carbons (Fsp3) is 0.750. The van der Waals surface area contributed by atoms with Crippen molar-refractivity contribution in [2.45, 2.75) is 69.1 Å². The van der Waals surface area contributed by atoms with Crippen LogP contribution >= 0.6 is 0 Å². The van der Waals surface area contributed by atoms with Gasteiger partial charge in [-0.05, 0) is 19.3 Å². The summed E-state index contributed by atoms with van der Waals surface area (Å²) in [5.41, 5.74) is 0.347. The molecule has 1 heterocycles. The first-order valence-electron chi connectivity index (χ1n) is 7.95. The first-order chi connectivity index (χ1) is 9.98. The molecule has 1 aliphatic heterocycles. The van der Waals surface area contributed by atoms with Crippen LogP contribution in [0.3, 0.4) is 0 Å². The van der Waals surface area contributed by atoms with Crippen LogP contribution in [0.1, 0.15) is 58.3 Å². The smallest absolute Gasteiger partial charge is 0.748 e. The molecule has 1 spiro atoms. The second-order valence-corrected chi connectivity index (χ2v) is 7.64. The molecule has 2 unspecified atom stereocenters. The van der Waals surface area contributed by atoms with Crippen molar-refractivity contribution in [3.63, 3.8) is 0 Å². The van der Waals surface area contributed by atoms with E-state index in [4.69, 9.17) is 4.74 Å². The van der Waals surface area contributed by atoms with Crippen molar-refractivity contribution >= 4 is 10.1 Å². The molecule has 120 valence electrons. The molecule has 1 fully saturated rings. The fourth-order valence-corrected chi connectivity index (χ4v) is 3.97. The zero-order valence-electron chi connectivity index (χ0n) is 13.7. The summed E-state index contributed by atoms with van der Waals surface area (Å²) in [6, 6.07) is 0. The first kappa shape index (κ1) is 20.4. The minimum Gasteiger partial charge on any atom is -0.748 e. The van der Waals surface area contributed by atoms with Crippen LogP contribution in [0.4, 0.5) is 0 Å². The Labute approximate surface area is 156 Å². The molecular weight excluding hydrogens is 311 g/mol. The third-order valence-electron chi connectivity index (χ3n) is 4.48. The van der Waals surface area contributed by atoms with Gasteiger partial charge in [-0.3, -0.25) is 0 Å². The van der Waals surface area contributed by atoms with E-state index in [9.17, 15) is 13.0 Å². The van der Waals surface area contributed by atoms with Crippen LogP contribution in [0.15, 0.2) is 23.8 Å². The molecule has 2 aliphatic rings. The van der Waals surface area contributed by atoms with Crippen LogP contribution in [-0.4, -0.2) is 30.4 Å². The zero-order valence-corrected chi connectivity index (χ0v) is 16.5. The molecule has 0 aromatic carbocycles. The quantitative estimate of drug-likeness (QED) is 0.363. The Morgan fingerprint density at radius 2 is 1.95 bits per heavy atom.